The Morgan fingerprint density at radius 2 is 2.00 bits per heavy atom. The number of hydrogen-bond donors (Lipinski definition) is 1. The lowest BCUT2D eigenvalue weighted by molar-refractivity contribution is 0.202. The van der Waals surface area contributed by atoms with Crippen LogP contribution in [0.2, 0.25) is 0 Å². The highest BCUT2D eigenvalue weighted by Gasteiger charge is 2.14. The number of rotatable bonds is 7. The summed E-state index contributed by atoms with van der Waals surface area (Å²) >= 11 is 3.51. The van der Waals surface area contributed by atoms with Gasteiger partial charge in [0.25, 0.3) is 5.56 Å². The molecular weight excluding hydrogens is 438 g/mol. The predicted octanol–water partition coefficient (Wildman–Crippen LogP) is 3.91. The van der Waals surface area contributed by atoms with E-state index in [9.17, 15) is 9.59 Å². The van der Waals surface area contributed by atoms with Crippen molar-refractivity contribution < 1.29 is 9.47 Å². The first-order valence-corrected chi connectivity index (χ1v) is 10.1. The first kappa shape index (κ1) is 20.9. The lowest BCUT2D eigenvalue weighted by Crippen LogP contribution is -2.32. The molecule has 8 heteroatoms. The van der Waals surface area contributed by atoms with Gasteiger partial charge in [0.15, 0.2) is 11.5 Å². The molecule has 0 amide bonds. The monoisotopic (exact) mass is 459 g/mol. The van der Waals surface area contributed by atoms with Gasteiger partial charge < -0.3 is 14.5 Å². The minimum atomic E-state index is -0.606. The molecule has 1 atom stereocenters. The fourth-order valence-electron chi connectivity index (χ4n) is 2.71. The second-order valence-electron chi connectivity index (χ2n) is 6.44. The number of aromatic nitrogens is 2. The van der Waals surface area contributed by atoms with E-state index in [0.717, 1.165) is 11.1 Å². The molecule has 152 valence electrons. The molecule has 29 heavy (non-hydrogen) atoms. The Balaban J connectivity index is 2.02. The minimum absolute atomic E-state index is 0.0276. The Kier molecular flexibility index (Phi) is 6.53. The van der Waals surface area contributed by atoms with Crippen molar-refractivity contribution in [1.29, 1.82) is 0 Å². The third-order valence-electron chi connectivity index (χ3n) is 4.33. The van der Waals surface area contributed by atoms with Crippen molar-refractivity contribution in [2.75, 3.05) is 6.61 Å². The first-order valence-electron chi connectivity index (χ1n) is 9.36. The lowest BCUT2D eigenvalue weighted by atomic mass is 10.2. The maximum Gasteiger partial charge on any atom is 0.349 e. The van der Waals surface area contributed by atoms with E-state index < -0.39 is 11.2 Å². The number of aromatic amines is 1. The van der Waals surface area contributed by atoms with E-state index in [4.69, 9.17) is 9.47 Å². The summed E-state index contributed by atoms with van der Waals surface area (Å²) in [5.41, 5.74) is 0.0327. The van der Waals surface area contributed by atoms with Crippen LogP contribution < -0.4 is 20.7 Å². The minimum Gasteiger partial charge on any atom is -0.490 e. The maximum absolute atomic E-state index is 12.6. The first-order chi connectivity index (χ1) is 13.9. The molecule has 0 aliphatic carbocycles. The summed E-state index contributed by atoms with van der Waals surface area (Å²) in [6.45, 7) is 6.37. The molecule has 1 heterocycles. The maximum atomic E-state index is 12.6. The lowest BCUT2D eigenvalue weighted by Gasteiger charge is -2.18. The molecule has 0 spiro atoms. The van der Waals surface area contributed by atoms with Gasteiger partial charge in [0.2, 0.25) is 0 Å². The summed E-state index contributed by atoms with van der Waals surface area (Å²) in [7, 11) is 0. The fourth-order valence-corrected chi connectivity index (χ4v) is 3.26. The Labute approximate surface area is 176 Å². The second-order valence-corrected chi connectivity index (χ2v) is 7.29. The van der Waals surface area contributed by atoms with Crippen molar-refractivity contribution >= 4 is 33.0 Å². The summed E-state index contributed by atoms with van der Waals surface area (Å²) in [6.07, 6.45) is 2.32. The average Bonchev–Trinajstić information content (AvgIpc) is 2.70. The summed E-state index contributed by atoms with van der Waals surface area (Å²) in [4.78, 5) is 27.5. The van der Waals surface area contributed by atoms with E-state index in [0.29, 0.717) is 39.0 Å². The largest absolute Gasteiger partial charge is 0.490 e. The van der Waals surface area contributed by atoms with Gasteiger partial charge in [0.1, 0.15) is 0 Å². The van der Waals surface area contributed by atoms with E-state index in [-0.39, 0.29) is 6.10 Å². The van der Waals surface area contributed by atoms with Crippen LogP contribution in [0.15, 0.2) is 55.6 Å². The number of benzene rings is 2. The van der Waals surface area contributed by atoms with Crippen molar-refractivity contribution in [1.82, 2.24) is 9.66 Å². The topological polar surface area (TPSA) is 85.7 Å². The molecule has 0 fully saturated rings. The zero-order chi connectivity index (χ0) is 21.0. The van der Waals surface area contributed by atoms with E-state index in [1.807, 2.05) is 20.8 Å². The number of fused-ring (bicyclic) bond motifs is 1. The number of ether oxygens (including phenoxy) is 2. The number of nitrogens with zero attached hydrogens (tertiary/aromatic N) is 2. The van der Waals surface area contributed by atoms with Gasteiger partial charge >= 0.3 is 5.69 Å². The third kappa shape index (κ3) is 4.59. The normalized spacial score (nSPS) is 12.4. The van der Waals surface area contributed by atoms with Crippen molar-refractivity contribution in [3.05, 3.63) is 67.3 Å². The molecule has 0 aliphatic heterocycles. The SMILES string of the molecule is CCOc1cc(C=Nn2c(=O)[nH]c3ccccc3c2=O)cc(Br)c1O[C@@H](C)CC. The second kappa shape index (κ2) is 9.09. The molecule has 7 nitrogen and oxygen atoms in total. The summed E-state index contributed by atoms with van der Waals surface area (Å²) in [5.74, 6) is 1.17. The molecule has 0 radical (unpaired) electrons. The number of nitrogens with one attached hydrogen (secondary N) is 1. The van der Waals surface area contributed by atoms with Gasteiger partial charge in [-0.1, -0.05) is 19.1 Å². The number of para-hydroxylation sites is 1. The summed E-state index contributed by atoms with van der Waals surface area (Å²) in [6, 6.07) is 10.4. The highest BCUT2D eigenvalue weighted by atomic mass is 79.9. The van der Waals surface area contributed by atoms with E-state index >= 15 is 0 Å². The Hall–Kier alpha value is -2.87. The molecule has 1 N–H and O–H groups in total. The van der Waals surface area contributed by atoms with Gasteiger partial charge in [-0.15, -0.1) is 4.68 Å². The summed E-state index contributed by atoms with van der Waals surface area (Å²) < 4.78 is 13.2. The van der Waals surface area contributed by atoms with E-state index in [1.165, 1.54) is 6.21 Å². The highest BCUT2D eigenvalue weighted by molar-refractivity contribution is 9.10. The average molecular weight is 460 g/mol. The third-order valence-corrected chi connectivity index (χ3v) is 4.92. The van der Waals surface area contributed by atoms with Crippen LogP contribution >= 0.6 is 15.9 Å². The molecule has 0 saturated carbocycles. The van der Waals surface area contributed by atoms with Gasteiger partial charge in [0.05, 0.1) is 34.3 Å². The predicted molar refractivity (Wildman–Crippen MR) is 118 cm³/mol. The van der Waals surface area contributed by atoms with E-state index in [2.05, 4.69) is 26.0 Å². The summed E-state index contributed by atoms with van der Waals surface area (Å²) in [5, 5.41) is 4.48. The van der Waals surface area contributed by atoms with Crippen molar-refractivity contribution in [3.63, 3.8) is 0 Å². The number of halogens is 1. The molecule has 0 unspecified atom stereocenters. The number of hydrogen-bond acceptors (Lipinski definition) is 5. The highest BCUT2D eigenvalue weighted by Crippen LogP contribution is 2.37. The van der Waals surface area contributed by atoms with Gasteiger partial charge in [-0.25, -0.2) is 4.79 Å². The molecule has 3 aromatic rings. The standard InChI is InChI=1S/C21H22BrN3O4/c1-4-13(3)29-19-16(22)10-14(11-18(19)28-5-2)12-23-25-20(26)15-8-6-7-9-17(15)24-21(25)27/h6-13H,4-5H2,1-3H3,(H,24,27)/t13-/m0/s1. The molecule has 3 rings (SSSR count). The van der Waals surface area contributed by atoms with Crippen LogP contribution in [0, 0.1) is 0 Å². The van der Waals surface area contributed by atoms with Gasteiger partial charge in [-0.3, -0.25) is 4.79 Å². The van der Waals surface area contributed by atoms with Crippen LogP contribution in [0.1, 0.15) is 32.8 Å². The fraction of sp³-hybridized carbons (Fsp3) is 0.286. The van der Waals surface area contributed by atoms with Crippen LogP contribution in [0.5, 0.6) is 11.5 Å². The van der Waals surface area contributed by atoms with Gasteiger partial charge in [-0.2, -0.15) is 5.10 Å². The molecular formula is C21H22BrN3O4. The van der Waals surface area contributed by atoms with Crippen LogP contribution in [-0.2, 0) is 0 Å². The molecule has 2 aromatic carbocycles. The Morgan fingerprint density at radius 1 is 1.24 bits per heavy atom. The van der Waals surface area contributed by atoms with Crippen LogP contribution in [0.3, 0.4) is 0 Å². The quantitative estimate of drug-likeness (QED) is 0.542. The van der Waals surface area contributed by atoms with Crippen molar-refractivity contribution in [2.45, 2.75) is 33.3 Å². The molecule has 0 saturated heterocycles. The van der Waals surface area contributed by atoms with E-state index in [1.54, 1.807) is 36.4 Å². The zero-order valence-electron chi connectivity index (χ0n) is 16.4. The van der Waals surface area contributed by atoms with Crippen molar-refractivity contribution in [3.8, 4) is 11.5 Å². The Bertz CT molecular complexity index is 1170. The van der Waals surface area contributed by atoms with Gasteiger partial charge in [-0.05, 0) is 66.0 Å². The van der Waals surface area contributed by atoms with Crippen LogP contribution in [0.4, 0.5) is 0 Å². The van der Waals surface area contributed by atoms with Crippen LogP contribution in [0.25, 0.3) is 10.9 Å². The molecule has 0 bridgehead atoms. The zero-order valence-corrected chi connectivity index (χ0v) is 18.0. The van der Waals surface area contributed by atoms with Crippen LogP contribution in [-0.4, -0.2) is 28.6 Å². The van der Waals surface area contributed by atoms with Gasteiger partial charge in [0, 0.05) is 0 Å². The van der Waals surface area contributed by atoms with Crippen molar-refractivity contribution in [2.24, 2.45) is 5.10 Å². The smallest absolute Gasteiger partial charge is 0.349 e. The molecule has 0 aliphatic rings. The Morgan fingerprint density at radius 3 is 2.72 bits per heavy atom. The molecule has 1 aromatic heterocycles. The number of H-pyrrole nitrogens is 1.